The van der Waals surface area contributed by atoms with Gasteiger partial charge in [0.2, 0.25) is 11.8 Å². The molecule has 0 bridgehead atoms. The van der Waals surface area contributed by atoms with E-state index in [1.165, 1.54) is 38.5 Å². The number of amides is 2. The van der Waals surface area contributed by atoms with Crippen molar-refractivity contribution in [2.24, 2.45) is 11.3 Å². The average molecular weight is 531 g/mol. The molecule has 4 atom stereocenters. The Kier molecular flexibility index (Phi) is 16.1. The van der Waals surface area contributed by atoms with Crippen molar-refractivity contribution < 1.29 is 19.1 Å². The Labute approximate surface area is 224 Å². The van der Waals surface area contributed by atoms with Gasteiger partial charge in [0.05, 0.1) is 5.41 Å². The molecule has 6 nitrogen and oxygen atoms in total. The summed E-state index contributed by atoms with van der Waals surface area (Å²) in [6.07, 6.45) is 13.0. The topological polar surface area (TPSA) is 84.5 Å². The molecule has 1 fully saturated rings. The van der Waals surface area contributed by atoms with Crippen molar-refractivity contribution in [3.8, 4) is 0 Å². The van der Waals surface area contributed by atoms with E-state index in [1.807, 2.05) is 13.8 Å². The normalized spacial score (nSPS) is 23.5. The highest BCUT2D eigenvalue weighted by molar-refractivity contribution is 7.81. The van der Waals surface area contributed by atoms with Crippen molar-refractivity contribution in [3.05, 3.63) is 0 Å². The van der Waals surface area contributed by atoms with Crippen LogP contribution in [0, 0.1) is 11.3 Å². The van der Waals surface area contributed by atoms with Crippen LogP contribution in [-0.4, -0.2) is 47.5 Å². The molecular formula is C27H50N2O4S2. The number of rotatable bonds is 11. The van der Waals surface area contributed by atoms with E-state index in [1.54, 1.807) is 6.92 Å². The van der Waals surface area contributed by atoms with Crippen LogP contribution in [0.15, 0.2) is 0 Å². The Hall–Kier alpha value is -0.890. The van der Waals surface area contributed by atoms with Gasteiger partial charge in [-0.1, -0.05) is 72.1 Å². The van der Waals surface area contributed by atoms with Crippen LogP contribution < -0.4 is 10.6 Å². The highest BCUT2D eigenvalue weighted by Gasteiger charge is 2.37. The fraction of sp³-hybridized carbons (Fsp3) is 0.889. The van der Waals surface area contributed by atoms with Gasteiger partial charge in [-0.3, -0.25) is 14.4 Å². The molecule has 8 heteroatoms. The molecule has 0 spiro atoms. The maximum absolute atomic E-state index is 13.5. The van der Waals surface area contributed by atoms with E-state index in [4.69, 9.17) is 4.74 Å². The molecule has 2 amide bonds. The number of carbonyl (C=O) groups is 3. The lowest BCUT2D eigenvalue weighted by Gasteiger charge is -2.32. The minimum absolute atomic E-state index is 0.0769. The summed E-state index contributed by atoms with van der Waals surface area (Å²) in [7, 11) is 0. The van der Waals surface area contributed by atoms with Gasteiger partial charge in [0.1, 0.15) is 6.10 Å². The Bertz CT molecular complexity index is 617. The minimum atomic E-state index is -1.06. The van der Waals surface area contributed by atoms with Crippen molar-refractivity contribution in [2.75, 3.05) is 13.1 Å². The molecule has 4 unspecified atom stereocenters. The van der Waals surface area contributed by atoms with E-state index in [9.17, 15) is 14.4 Å². The van der Waals surface area contributed by atoms with Gasteiger partial charge in [-0.05, 0) is 32.1 Å². The van der Waals surface area contributed by atoms with E-state index in [0.29, 0.717) is 5.92 Å². The van der Waals surface area contributed by atoms with E-state index in [2.05, 4.69) is 42.8 Å². The molecule has 1 rings (SSSR count). The maximum atomic E-state index is 13.5. The molecule has 35 heavy (non-hydrogen) atoms. The fourth-order valence-corrected chi connectivity index (χ4v) is 4.87. The number of hydrogen-bond donors (Lipinski definition) is 4. The zero-order chi connectivity index (χ0) is 26.3. The highest BCUT2D eigenvalue weighted by atomic mass is 32.1. The van der Waals surface area contributed by atoms with Gasteiger partial charge in [0.15, 0.2) is 0 Å². The summed E-state index contributed by atoms with van der Waals surface area (Å²) in [4.78, 5) is 38.1. The van der Waals surface area contributed by atoms with Crippen molar-refractivity contribution in [1.29, 1.82) is 0 Å². The summed E-state index contributed by atoms with van der Waals surface area (Å²) in [6.45, 7) is 7.88. The van der Waals surface area contributed by atoms with Crippen LogP contribution in [0.1, 0.15) is 111 Å². The number of ether oxygens (including phenoxy) is 1. The van der Waals surface area contributed by atoms with E-state index < -0.39 is 5.41 Å². The largest absolute Gasteiger partial charge is 0.462 e. The zero-order valence-corrected chi connectivity index (χ0v) is 24.2. The summed E-state index contributed by atoms with van der Waals surface area (Å²) < 4.78 is 6.15. The fourth-order valence-electron chi connectivity index (χ4n) is 4.54. The third kappa shape index (κ3) is 14.4. The first-order valence-corrected chi connectivity index (χ1v) is 14.7. The van der Waals surface area contributed by atoms with Crippen molar-refractivity contribution in [2.45, 2.75) is 128 Å². The number of carbonyl (C=O) groups excluding carboxylic acids is 3. The van der Waals surface area contributed by atoms with Crippen LogP contribution in [0.5, 0.6) is 0 Å². The first-order valence-electron chi connectivity index (χ1n) is 13.7. The van der Waals surface area contributed by atoms with Crippen molar-refractivity contribution in [3.63, 3.8) is 0 Å². The standard InChI is InChI=1S/C27H50N2O4S2/c1-5-22-13-11-9-7-6-8-10-12-14-23(17-22)33-26(32)27(4,18-28-24(30)15-20(2)34)19-29-25(31)16-21(3)35/h20-23,34-35H,5-19H2,1-4H3,(H,28,30)(H,29,31). The Morgan fingerprint density at radius 2 is 1.31 bits per heavy atom. The van der Waals surface area contributed by atoms with Gasteiger partial charge in [-0.15, -0.1) is 0 Å². The van der Waals surface area contributed by atoms with Crippen LogP contribution >= 0.6 is 25.3 Å². The smallest absolute Gasteiger partial charge is 0.315 e. The Balaban J connectivity index is 2.92. The molecule has 1 saturated carbocycles. The van der Waals surface area contributed by atoms with E-state index >= 15 is 0 Å². The number of thiol groups is 2. The maximum Gasteiger partial charge on any atom is 0.315 e. The van der Waals surface area contributed by atoms with E-state index in [0.717, 1.165) is 32.1 Å². The first-order chi connectivity index (χ1) is 16.6. The number of nitrogens with one attached hydrogen (secondary N) is 2. The van der Waals surface area contributed by atoms with Crippen LogP contribution in [0.4, 0.5) is 0 Å². The molecule has 0 aliphatic heterocycles. The summed E-state index contributed by atoms with van der Waals surface area (Å²) >= 11 is 8.56. The molecule has 0 aromatic carbocycles. The molecule has 0 aromatic heterocycles. The summed E-state index contributed by atoms with van der Waals surface area (Å²) in [5.41, 5.74) is -1.06. The second-order valence-corrected chi connectivity index (χ2v) is 12.6. The summed E-state index contributed by atoms with van der Waals surface area (Å²) in [6, 6.07) is 0. The predicted molar refractivity (Wildman–Crippen MR) is 150 cm³/mol. The molecule has 0 radical (unpaired) electrons. The average Bonchev–Trinajstić information content (AvgIpc) is 2.77. The zero-order valence-electron chi connectivity index (χ0n) is 22.4. The predicted octanol–water partition coefficient (Wildman–Crippen LogP) is 5.49. The molecule has 0 heterocycles. The van der Waals surface area contributed by atoms with Gasteiger partial charge in [-0.2, -0.15) is 25.3 Å². The molecular weight excluding hydrogens is 480 g/mol. The third-order valence-electron chi connectivity index (χ3n) is 6.89. The number of hydrogen-bond acceptors (Lipinski definition) is 6. The first kappa shape index (κ1) is 32.1. The quantitative estimate of drug-likeness (QED) is 0.210. The number of esters is 1. The van der Waals surface area contributed by atoms with Crippen LogP contribution in [0.25, 0.3) is 0 Å². The lowest BCUT2D eigenvalue weighted by atomic mass is 9.88. The van der Waals surface area contributed by atoms with Gasteiger partial charge >= 0.3 is 5.97 Å². The molecule has 1 aliphatic rings. The van der Waals surface area contributed by atoms with Gasteiger partial charge in [-0.25, -0.2) is 0 Å². The van der Waals surface area contributed by atoms with Gasteiger partial charge in [0, 0.05) is 36.4 Å². The Morgan fingerprint density at radius 3 is 1.77 bits per heavy atom. The van der Waals surface area contributed by atoms with Crippen molar-refractivity contribution >= 4 is 43.0 Å². The molecule has 2 N–H and O–H groups in total. The lowest BCUT2D eigenvalue weighted by molar-refractivity contribution is -0.161. The SMILES string of the molecule is CCC1CCCCCCCCCC(OC(=O)C(C)(CNC(=O)CC(C)S)CNC(=O)CC(C)S)C1. The van der Waals surface area contributed by atoms with Gasteiger partial charge < -0.3 is 15.4 Å². The molecule has 0 aromatic rings. The summed E-state index contributed by atoms with van der Waals surface area (Å²) in [5.74, 6) is -0.146. The summed E-state index contributed by atoms with van der Waals surface area (Å²) in [5, 5.41) is 5.56. The lowest BCUT2D eigenvalue weighted by Crippen LogP contribution is -2.50. The minimum Gasteiger partial charge on any atom is -0.462 e. The molecule has 1 aliphatic carbocycles. The van der Waals surface area contributed by atoms with Gasteiger partial charge in [0.25, 0.3) is 0 Å². The highest BCUT2D eigenvalue weighted by Crippen LogP contribution is 2.27. The van der Waals surface area contributed by atoms with Crippen LogP contribution in [0.3, 0.4) is 0 Å². The van der Waals surface area contributed by atoms with E-state index in [-0.39, 0.29) is 60.3 Å². The second kappa shape index (κ2) is 17.5. The van der Waals surface area contributed by atoms with Crippen molar-refractivity contribution in [1.82, 2.24) is 10.6 Å². The molecule has 0 saturated heterocycles. The van der Waals surface area contributed by atoms with Crippen LogP contribution in [-0.2, 0) is 19.1 Å². The second-order valence-electron chi connectivity index (χ2n) is 10.8. The molecule has 204 valence electrons. The Morgan fingerprint density at radius 1 is 0.857 bits per heavy atom. The third-order valence-corrected chi connectivity index (χ3v) is 7.26. The monoisotopic (exact) mass is 530 g/mol. The van der Waals surface area contributed by atoms with Crippen LogP contribution in [0.2, 0.25) is 0 Å².